The zero-order chi connectivity index (χ0) is 27.5. The van der Waals surface area contributed by atoms with Crippen molar-refractivity contribution in [2.75, 3.05) is 26.4 Å². The summed E-state index contributed by atoms with van der Waals surface area (Å²) in [5.41, 5.74) is -0.623. The molecule has 1 saturated carbocycles. The van der Waals surface area contributed by atoms with Crippen molar-refractivity contribution in [2.24, 2.45) is 5.41 Å². The highest BCUT2D eigenvalue weighted by Gasteiger charge is 2.39. The molecule has 0 aromatic rings. The third-order valence-corrected chi connectivity index (χ3v) is 6.82. The van der Waals surface area contributed by atoms with Gasteiger partial charge in [-0.15, -0.1) is 0 Å². The van der Waals surface area contributed by atoms with Gasteiger partial charge in [-0.05, 0) is 31.1 Å². The van der Waals surface area contributed by atoms with E-state index in [2.05, 4.69) is 24.5 Å². The van der Waals surface area contributed by atoms with Crippen LogP contribution in [-0.2, 0) is 28.7 Å². The van der Waals surface area contributed by atoms with E-state index >= 15 is 0 Å². The van der Waals surface area contributed by atoms with Gasteiger partial charge in [0.15, 0.2) is 12.1 Å². The van der Waals surface area contributed by atoms with Crippen LogP contribution in [0.5, 0.6) is 0 Å². The van der Waals surface area contributed by atoms with Crippen LogP contribution in [-0.4, -0.2) is 72.5 Å². The number of aliphatic hydroxyl groups is 2. The van der Waals surface area contributed by atoms with Gasteiger partial charge >= 0.3 is 11.9 Å². The highest BCUT2D eigenvalue weighted by Crippen LogP contribution is 2.44. The van der Waals surface area contributed by atoms with Crippen LogP contribution in [0.1, 0.15) is 104 Å². The minimum absolute atomic E-state index is 0.00632. The van der Waals surface area contributed by atoms with Gasteiger partial charge in [-0.25, -0.2) is 9.59 Å². The van der Waals surface area contributed by atoms with Crippen molar-refractivity contribution in [3.05, 3.63) is 0 Å². The van der Waals surface area contributed by atoms with Crippen LogP contribution in [0.15, 0.2) is 0 Å². The molecule has 2 atom stereocenters. The molecular formula is C27H48N2O8. The molecule has 1 aliphatic carbocycles. The van der Waals surface area contributed by atoms with Crippen molar-refractivity contribution >= 4 is 23.8 Å². The number of rotatable bonds is 20. The number of unbranched alkanes of at least 4 members (excludes halogenated alkanes) is 6. The Kier molecular flexibility index (Phi) is 16.8. The maximum atomic E-state index is 12.8. The van der Waals surface area contributed by atoms with Gasteiger partial charge in [-0.1, -0.05) is 65.2 Å². The predicted octanol–water partition coefficient (Wildman–Crippen LogP) is 2.53. The molecule has 37 heavy (non-hydrogen) atoms. The van der Waals surface area contributed by atoms with Crippen LogP contribution in [0, 0.1) is 5.41 Å². The van der Waals surface area contributed by atoms with Gasteiger partial charge in [-0.3, -0.25) is 9.59 Å². The highest BCUT2D eigenvalue weighted by molar-refractivity contribution is 5.87. The van der Waals surface area contributed by atoms with Crippen molar-refractivity contribution < 1.29 is 38.9 Å². The molecule has 214 valence electrons. The van der Waals surface area contributed by atoms with Gasteiger partial charge in [0.05, 0.1) is 26.4 Å². The fourth-order valence-corrected chi connectivity index (χ4v) is 4.68. The molecule has 0 aromatic heterocycles. The number of aliphatic hydroxyl groups excluding tert-OH is 2. The third kappa shape index (κ3) is 13.2. The van der Waals surface area contributed by atoms with Crippen molar-refractivity contribution in [3.8, 4) is 0 Å². The van der Waals surface area contributed by atoms with E-state index in [1.165, 1.54) is 0 Å². The van der Waals surface area contributed by atoms with Crippen LogP contribution in [0.2, 0.25) is 0 Å². The number of carbonyl (C=O) groups is 4. The number of ether oxygens (including phenoxy) is 2. The van der Waals surface area contributed by atoms with Crippen molar-refractivity contribution in [3.63, 3.8) is 0 Å². The quantitative estimate of drug-likeness (QED) is 0.139. The molecule has 0 radical (unpaired) electrons. The SMILES string of the molecule is CCCCCCOC(=O)[C@@H](CO)NC(=O)CC1(CC(=O)N[C@H](CO)C(=O)OCCCCCC)CCCC1. The first-order valence-corrected chi connectivity index (χ1v) is 13.9. The minimum atomic E-state index is -1.16. The lowest BCUT2D eigenvalue weighted by molar-refractivity contribution is -0.149. The number of nitrogens with one attached hydrogen (secondary N) is 2. The number of esters is 2. The summed E-state index contributed by atoms with van der Waals surface area (Å²) in [7, 11) is 0. The smallest absolute Gasteiger partial charge is 0.331 e. The first kappa shape index (κ1) is 32.8. The summed E-state index contributed by atoms with van der Waals surface area (Å²) in [4.78, 5) is 50.1. The summed E-state index contributed by atoms with van der Waals surface area (Å²) in [6.07, 6.45) is 10.6. The topological polar surface area (TPSA) is 151 Å². The molecule has 10 heteroatoms. The first-order chi connectivity index (χ1) is 17.8. The Morgan fingerprint density at radius 2 is 1.11 bits per heavy atom. The van der Waals surface area contributed by atoms with Gasteiger partial charge in [0, 0.05) is 12.8 Å². The molecule has 0 aromatic carbocycles. The molecule has 0 aliphatic heterocycles. The van der Waals surface area contributed by atoms with Crippen molar-refractivity contribution in [1.29, 1.82) is 0 Å². The molecule has 0 spiro atoms. The van der Waals surface area contributed by atoms with Crippen LogP contribution in [0.4, 0.5) is 0 Å². The van der Waals surface area contributed by atoms with Crippen LogP contribution < -0.4 is 10.6 Å². The molecule has 0 saturated heterocycles. The third-order valence-electron chi connectivity index (χ3n) is 6.82. The summed E-state index contributed by atoms with van der Waals surface area (Å²) >= 11 is 0. The lowest BCUT2D eigenvalue weighted by Crippen LogP contribution is -2.47. The van der Waals surface area contributed by atoms with Crippen LogP contribution >= 0.6 is 0 Å². The predicted molar refractivity (Wildman–Crippen MR) is 138 cm³/mol. The number of hydrogen-bond acceptors (Lipinski definition) is 8. The number of hydrogen-bond donors (Lipinski definition) is 4. The van der Waals surface area contributed by atoms with E-state index in [4.69, 9.17) is 9.47 Å². The Hall–Kier alpha value is -2.20. The molecule has 2 amide bonds. The second-order valence-corrected chi connectivity index (χ2v) is 10.1. The summed E-state index contributed by atoms with van der Waals surface area (Å²) in [5, 5.41) is 24.3. The van der Waals surface area contributed by atoms with Crippen molar-refractivity contribution in [1.82, 2.24) is 10.6 Å². The van der Waals surface area contributed by atoms with Gasteiger partial charge in [0.1, 0.15) is 0 Å². The number of amides is 2. The zero-order valence-electron chi connectivity index (χ0n) is 22.7. The van der Waals surface area contributed by atoms with E-state index in [9.17, 15) is 29.4 Å². The van der Waals surface area contributed by atoms with Gasteiger partial charge in [0.25, 0.3) is 0 Å². The minimum Gasteiger partial charge on any atom is -0.464 e. The molecule has 4 N–H and O–H groups in total. The first-order valence-electron chi connectivity index (χ1n) is 13.9. The van der Waals surface area contributed by atoms with E-state index in [1.54, 1.807) is 0 Å². The molecule has 1 fully saturated rings. The second-order valence-electron chi connectivity index (χ2n) is 10.1. The van der Waals surface area contributed by atoms with E-state index in [1.807, 2.05) is 0 Å². The second kappa shape index (κ2) is 19.0. The van der Waals surface area contributed by atoms with Crippen molar-refractivity contribution in [2.45, 2.75) is 116 Å². The fraction of sp³-hybridized carbons (Fsp3) is 0.852. The van der Waals surface area contributed by atoms with Crippen LogP contribution in [0.3, 0.4) is 0 Å². The molecule has 1 aliphatic rings. The summed E-state index contributed by atoms with van der Waals surface area (Å²) < 4.78 is 10.4. The molecular weight excluding hydrogens is 480 g/mol. The Labute approximate surface area is 221 Å². The maximum absolute atomic E-state index is 12.8. The average molecular weight is 529 g/mol. The lowest BCUT2D eigenvalue weighted by atomic mass is 9.78. The Morgan fingerprint density at radius 3 is 1.46 bits per heavy atom. The summed E-state index contributed by atoms with van der Waals surface area (Å²) in [6.45, 7) is 3.49. The standard InChI is InChI=1S/C27H48N2O8/c1-3-5-7-11-15-36-25(34)21(19-30)28-23(32)17-27(13-9-10-14-27)18-24(33)29-22(20-31)26(35)37-16-12-8-6-4-2/h21-22,30-31H,3-20H2,1-2H3,(H,28,32)(H,29,33)/t21-,22-/m1/s1. The zero-order valence-corrected chi connectivity index (χ0v) is 22.7. The van der Waals surface area contributed by atoms with Crippen LogP contribution in [0.25, 0.3) is 0 Å². The Bertz CT molecular complexity index is 642. The highest BCUT2D eigenvalue weighted by atomic mass is 16.5. The number of carbonyl (C=O) groups excluding carboxylic acids is 4. The van der Waals surface area contributed by atoms with E-state index in [-0.39, 0.29) is 26.1 Å². The Morgan fingerprint density at radius 1 is 0.703 bits per heavy atom. The van der Waals surface area contributed by atoms with Gasteiger partial charge < -0.3 is 30.3 Å². The molecule has 1 rings (SSSR count). The average Bonchev–Trinajstić information content (AvgIpc) is 3.32. The fourth-order valence-electron chi connectivity index (χ4n) is 4.68. The molecule has 0 heterocycles. The van der Waals surface area contributed by atoms with Gasteiger partial charge in [0.2, 0.25) is 11.8 Å². The largest absolute Gasteiger partial charge is 0.464 e. The van der Waals surface area contributed by atoms with E-state index < -0.39 is 54.5 Å². The monoisotopic (exact) mass is 528 g/mol. The van der Waals surface area contributed by atoms with E-state index in [0.29, 0.717) is 12.8 Å². The molecule has 10 nitrogen and oxygen atoms in total. The molecule has 0 bridgehead atoms. The Balaban J connectivity index is 2.58. The normalized spacial score (nSPS) is 16.0. The summed E-state index contributed by atoms with van der Waals surface area (Å²) in [5.74, 6) is -2.24. The molecule has 0 unspecified atom stereocenters. The lowest BCUT2D eigenvalue weighted by Gasteiger charge is -2.29. The van der Waals surface area contributed by atoms with E-state index in [0.717, 1.165) is 64.2 Å². The summed E-state index contributed by atoms with van der Waals surface area (Å²) in [6, 6.07) is -2.31. The maximum Gasteiger partial charge on any atom is 0.331 e. The van der Waals surface area contributed by atoms with Gasteiger partial charge in [-0.2, -0.15) is 0 Å².